The number of aromatic nitrogens is 2. The zero-order chi connectivity index (χ0) is 14.9. The Balaban J connectivity index is 2.27. The van der Waals surface area contributed by atoms with E-state index in [1.165, 1.54) is 0 Å². The van der Waals surface area contributed by atoms with E-state index in [0.29, 0.717) is 26.4 Å². The molecule has 0 bridgehead atoms. The molecular formula is C13H13Cl3N2O2. The first-order valence-electron chi connectivity index (χ1n) is 5.83. The number of rotatable bonds is 4. The number of ether oxygens (including phenoxy) is 1. The van der Waals surface area contributed by atoms with Crippen LogP contribution in [0.3, 0.4) is 0 Å². The van der Waals surface area contributed by atoms with E-state index in [1.54, 1.807) is 23.9 Å². The Morgan fingerprint density at radius 1 is 1.30 bits per heavy atom. The van der Waals surface area contributed by atoms with E-state index in [-0.39, 0.29) is 13.2 Å². The number of benzene rings is 1. The van der Waals surface area contributed by atoms with Gasteiger partial charge >= 0.3 is 0 Å². The highest BCUT2D eigenvalue weighted by atomic mass is 35.5. The largest absolute Gasteiger partial charge is 0.485 e. The van der Waals surface area contributed by atoms with Gasteiger partial charge in [-0.3, -0.25) is 4.68 Å². The fourth-order valence-electron chi connectivity index (χ4n) is 1.87. The molecule has 4 nitrogen and oxygen atoms in total. The number of aliphatic hydroxyl groups excluding tert-OH is 1. The first kappa shape index (κ1) is 15.4. The Bertz CT molecular complexity index is 641. The minimum atomic E-state index is -0.215. The van der Waals surface area contributed by atoms with Crippen LogP contribution in [-0.2, 0) is 20.3 Å². The molecule has 0 aliphatic rings. The van der Waals surface area contributed by atoms with Crippen molar-refractivity contribution in [2.24, 2.45) is 7.05 Å². The molecule has 0 saturated heterocycles. The van der Waals surface area contributed by atoms with Crippen molar-refractivity contribution in [3.63, 3.8) is 0 Å². The second kappa shape index (κ2) is 6.22. The Morgan fingerprint density at radius 2 is 2.00 bits per heavy atom. The average Bonchev–Trinajstić information content (AvgIpc) is 2.62. The molecule has 1 aromatic carbocycles. The topological polar surface area (TPSA) is 47.3 Å². The van der Waals surface area contributed by atoms with Crippen LogP contribution < -0.4 is 4.74 Å². The van der Waals surface area contributed by atoms with Crippen LogP contribution >= 0.6 is 34.8 Å². The van der Waals surface area contributed by atoms with Gasteiger partial charge in [0.1, 0.15) is 12.4 Å². The van der Waals surface area contributed by atoms with Crippen molar-refractivity contribution in [3.05, 3.63) is 44.2 Å². The van der Waals surface area contributed by atoms with Crippen LogP contribution in [0.4, 0.5) is 0 Å². The molecule has 7 heteroatoms. The van der Waals surface area contributed by atoms with Gasteiger partial charge in [0.05, 0.1) is 28.0 Å². The molecule has 0 fully saturated rings. The van der Waals surface area contributed by atoms with Crippen molar-refractivity contribution in [1.82, 2.24) is 9.78 Å². The Kier molecular flexibility index (Phi) is 4.81. The van der Waals surface area contributed by atoms with Crippen molar-refractivity contribution in [2.75, 3.05) is 0 Å². The van der Waals surface area contributed by atoms with E-state index in [9.17, 15) is 5.11 Å². The summed E-state index contributed by atoms with van der Waals surface area (Å²) in [5, 5.41) is 14.9. The first-order valence-corrected chi connectivity index (χ1v) is 6.97. The second-order valence-electron chi connectivity index (χ2n) is 4.29. The molecule has 20 heavy (non-hydrogen) atoms. The molecule has 0 amide bonds. The maximum Gasteiger partial charge on any atom is 0.144 e. The van der Waals surface area contributed by atoms with E-state index in [2.05, 4.69) is 5.10 Å². The smallest absolute Gasteiger partial charge is 0.144 e. The van der Waals surface area contributed by atoms with Crippen molar-refractivity contribution in [2.45, 2.75) is 20.1 Å². The lowest BCUT2D eigenvalue weighted by Crippen LogP contribution is -2.05. The van der Waals surface area contributed by atoms with E-state index in [4.69, 9.17) is 39.5 Å². The van der Waals surface area contributed by atoms with E-state index >= 15 is 0 Å². The van der Waals surface area contributed by atoms with Crippen LogP contribution in [0.2, 0.25) is 15.1 Å². The van der Waals surface area contributed by atoms with Gasteiger partial charge in [-0.1, -0.05) is 34.8 Å². The number of aryl methyl sites for hydroxylation is 2. The van der Waals surface area contributed by atoms with Crippen molar-refractivity contribution >= 4 is 34.8 Å². The lowest BCUT2D eigenvalue weighted by atomic mass is 10.2. The number of hydrogen-bond acceptors (Lipinski definition) is 3. The zero-order valence-electron chi connectivity index (χ0n) is 11.0. The van der Waals surface area contributed by atoms with Gasteiger partial charge < -0.3 is 9.84 Å². The van der Waals surface area contributed by atoms with Crippen molar-refractivity contribution in [1.29, 1.82) is 0 Å². The van der Waals surface area contributed by atoms with Crippen molar-refractivity contribution < 1.29 is 9.84 Å². The van der Waals surface area contributed by atoms with E-state index in [0.717, 1.165) is 11.4 Å². The minimum absolute atomic E-state index is 0.199. The molecule has 1 N–H and O–H groups in total. The third-order valence-corrected chi connectivity index (χ3v) is 3.86. The molecule has 0 saturated carbocycles. The van der Waals surface area contributed by atoms with Gasteiger partial charge in [0.25, 0.3) is 0 Å². The summed E-state index contributed by atoms with van der Waals surface area (Å²) in [6, 6.07) is 3.17. The second-order valence-corrected chi connectivity index (χ2v) is 5.51. The third-order valence-electron chi connectivity index (χ3n) is 2.87. The summed E-state index contributed by atoms with van der Waals surface area (Å²) in [5.41, 5.74) is 1.99. The summed E-state index contributed by atoms with van der Waals surface area (Å²) in [6.07, 6.45) is 0. The van der Waals surface area contributed by atoms with Gasteiger partial charge in [0.2, 0.25) is 0 Å². The molecule has 1 heterocycles. The van der Waals surface area contributed by atoms with Gasteiger partial charge in [-0.15, -0.1) is 0 Å². The maximum atomic E-state index is 9.34. The summed E-state index contributed by atoms with van der Waals surface area (Å²) < 4.78 is 7.33. The van der Waals surface area contributed by atoms with Gasteiger partial charge in [-0.25, -0.2) is 0 Å². The van der Waals surface area contributed by atoms with E-state index in [1.807, 2.05) is 6.92 Å². The summed E-state index contributed by atoms with van der Waals surface area (Å²) in [7, 11) is 1.79. The molecule has 0 radical (unpaired) electrons. The fourth-order valence-corrected chi connectivity index (χ4v) is 2.67. The van der Waals surface area contributed by atoms with E-state index < -0.39 is 0 Å². The number of nitrogens with zero attached hydrogens (tertiary/aromatic N) is 2. The maximum absolute atomic E-state index is 9.34. The molecule has 2 aromatic rings. The van der Waals surface area contributed by atoms with Crippen LogP contribution in [0.15, 0.2) is 12.1 Å². The van der Waals surface area contributed by atoms with Crippen LogP contribution in [0.25, 0.3) is 0 Å². The van der Waals surface area contributed by atoms with Crippen molar-refractivity contribution in [3.8, 4) is 5.75 Å². The number of halogens is 3. The molecule has 0 unspecified atom stereocenters. The molecule has 0 aliphatic carbocycles. The molecule has 1 aromatic heterocycles. The molecule has 108 valence electrons. The Hall–Kier alpha value is -0.940. The predicted molar refractivity (Wildman–Crippen MR) is 79.7 cm³/mol. The third kappa shape index (κ3) is 3.04. The Morgan fingerprint density at radius 3 is 2.55 bits per heavy atom. The van der Waals surface area contributed by atoms with Gasteiger partial charge in [-0.05, 0) is 19.1 Å². The van der Waals surface area contributed by atoms with Crippen LogP contribution in [-0.4, -0.2) is 14.9 Å². The lowest BCUT2D eigenvalue weighted by molar-refractivity contribution is 0.255. The van der Waals surface area contributed by atoms with Crippen LogP contribution in [0.1, 0.15) is 17.0 Å². The fraction of sp³-hybridized carbons (Fsp3) is 0.308. The molecule has 0 spiro atoms. The standard InChI is InChI=1S/C13H13Cl3N2O2/c1-7-12(16)11(18(2)17-7)6-20-13-8(5-19)3-9(14)4-10(13)15/h3-4,19H,5-6H2,1-2H3. The van der Waals surface area contributed by atoms with Crippen LogP contribution in [0, 0.1) is 6.92 Å². The van der Waals surface area contributed by atoms with Crippen LogP contribution in [0.5, 0.6) is 5.75 Å². The SMILES string of the molecule is Cc1nn(C)c(COc2c(Cl)cc(Cl)cc2CO)c1Cl. The molecular weight excluding hydrogens is 323 g/mol. The quantitative estimate of drug-likeness (QED) is 0.925. The lowest BCUT2D eigenvalue weighted by Gasteiger charge is -2.13. The summed E-state index contributed by atoms with van der Waals surface area (Å²) in [4.78, 5) is 0. The molecule has 0 aliphatic heterocycles. The normalized spacial score (nSPS) is 10.9. The highest BCUT2D eigenvalue weighted by Crippen LogP contribution is 2.33. The molecule has 0 atom stereocenters. The number of aliphatic hydroxyl groups is 1. The Labute approximate surface area is 131 Å². The highest BCUT2D eigenvalue weighted by Gasteiger charge is 2.15. The molecule has 2 rings (SSSR count). The van der Waals surface area contributed by atoms with Gasteiger partial charge in [-0.2, -0.15) is 5.10 Å². The first-order chi connectivity index (χ1) is 9.43. The summed E-state index contributed by atoms with van der Waals surface area (Å²) in [6.45, 7) is 1.80. The predicted octanol–water partition coefficient (Wildman–Crippen LogP) is 3.76. The zero-order valence-corrected chi connectivity index (χ0v) is 13.2. The highest BCUT2D eigenvalue weighted by molar-refractivity contribution is 6.35. The average molecular weight is 336 g/mol. The number of hydrogen-bond donors (Lipinski definition) is 1. The summed E-state index contributed by atoms with van der Waals surface area (Å²) >= 11 is 18.1. The monoisotopic (exact) mass is 334 g/mol. The van der Waals surface area contributed by atoms with Gasteiger partial charge in [0, 0.05) is 17.6 Å². The summed E-state index contributed by atoms with van der Waals surface area (Å²) in [5.74, 6) is 0.397. The van der Waals surface area contributed by atoms with Gasteiger partial charge in [0.15, 0.2) is 0 Å². The minimum Gasteiger partial charge on any atom is -0.485 e.